The Morgan fingerprint density at radius 3 is 2.66 bits per heavy atom. The number of benzene rings is 2. The minimum Gasteiger partial charge on any atom is -0.497 e. The molecular weight excluding hydrogens is 402 g/mol. The van der Waals surface area contributed by atoms with E-state index in [4.69, 9.17) is 9.47 Å². The number of methoxy groups -OCH3 is 1. The highest BCUT2D eigenvalue weighted by Gasteiger charge is 2.25. The fraction of sp³-hybridized carbons (Fsp3) is 0.500. The molecule has 1 N–H and O–H groups in total. The predicted molar refractivity (Wildman–Crippen MR) is 127 cm³/mol. The molecule has 1 fully saturated rings. The number of aryl methyl sites for hydroxylation is 2. The van der Waals surface area contributed by atoms with Crippen molar-refractivity contribution in [3.63, 3.8) is 0 Å². The summed E-state index contributed by atoms with van der Waals surface area (Å²) in [6, 6.07) is 14.9. The second kappa shape index (κ2) is 10.8. The van der Waals surface area contributed by atoms with Gasteiger partial charge in [0.1, 0.15) is 5.75 Å². The van der Waals surface area contributed by atoms with E-state index in [1.807, 2.05) is 24.3 Å². The zero-order valence-electron chi connectivity index (χ0n) is 19.3. The number of hydrogen-bond donors (Lipinski definition) is 1. The first kappa shape index (κ1) is 22.6. The zero-order valence-corrected chi connectivity index (χ0v) is 19.3. The number of rotatable bonds is 8. The Kier molecular flexibility index (Phi) is 7.66. The van der Waals surface area contributed by atoms with Crippen LogP contribution in [0.2, 0.25) is 0 Å². The Morgan fingerprint density at radius 2 is 1.91 bits per heavy atom. The van der Waals surface area contributed by atoms with Crippen molar-refractivity contribution in [1.82, 2.24) is 10.2 Å². The molecule has 2 heterocycles. The maximum absolute atomic E-state index is 12.6. The summed E-state index contributed by atoms with van der Waals surface area (Å²) < 4.78 is 10.8. The molecule has 0 spiro atoms. The molecule has 6 nitrogen and oxygen atoms in total. The minimum atomic E-state index is 0.0942. The first-order valence-electron chi connectivity index (χ1n) is 11.7. The van der Waals surface area contributed by atoms with E-state index in [9.17, 15) is 4.79 Å². The largest absolute Gasteiger partial charge is 0.497 e. The van der Waals surface area contributed by atoms with Crippen LogP contribution in [-0.4, -0.2) is 64.4 Å². The van der Waals surface area contributed by atoms with Gasteiger partial charge in [-0.05, 0) is 54.2 Å². The fourth-order valence-corrected chi connectivity index (χ4v) is 4.71. The average molecular weight is 438 g/mol. The summed E-state index contributed by atoms with van der Waals surface area (Å²) in [6.07, 6.45) is 3.52. The smallest absolute Gasteiger partial charge is 0.220 e. The van der Waals surface area contributed by atoms with Crippen molar-refractivity contribution in [2.24, 2.45) is 0 Å². The van der Waals surface area contributed by atoms with E-state index in [0.717, 1.165) is 57.0 Å². The Bertz CT molecular complexity index is 894. The van der Waals surface area contributed by atoms with Crippen molar-refractivity contribution in [2.45, 2.75) is 31.7 Å². The number of carbonyl (C=O) groups is 1. The highest BCUT2D eigenvalue weighted by atomic mass is 16.5. The number of morpholine rings is 1. The van der Waals surface area contributed by atoms with E-state index in [-0.39, 0.29) is 11.9 Å². The Balaban J connectivity index is 1.40. The summed E-state index contributed by atoms with van der Waals surface area (Å²) in [5.74, 6) is 0.930. The third-order valence-electron chi connectivity index (χ3n) is 6.62. The highest BCUT2D eigenvalue weighted by molar-refractivity contribution is 5.76. The summed E-state index contributed by atoms with van der Waals surface area (Å²) in [5, 5.41) is 3.20. The van der Waals surface area contributed by atoms with Crippen LogP contribution in [-0.2, 0) is 22.4 Å². The van der Waals surface area contributed by atoms with Crippen LogP contribution in [0.15, 0.2) is 42.5 Å². The van der Waals surface area contributed by atoms with Gasteiger partial charge >= 0.3 is 0 Å². The molecule has 0 bridgehead atoms. The van der Waals surface area contributed by atoms with Crippen molar-refractivity contribution in [1.29, 1.82) is 0 Å². The van der Waals surface area contributed by atoms with Crippen LogP contribution in [0, 0.1) is 0 Å². The van der Waals surface area contributed by atoms with Gasteiger partial charge < -0.3 is 19.7 Å². The van der Waals surface area contributed by atoms with E-state index in [1.54, 1.807) is 7.11 Å². The summed E-state index contributed by atoms with van der Waals surface area (Å²) in [6.45, 7) is 5.01. The van der Waals surface area contributed by atoms with Crippen LogP contribution in [0.4, 0.5) is 5.69 Å². The molecule has 0 radical (unpaired) electrons. The van der Waals surface area contributed by atoms with Gasteiger partial charge in [0, 0.05) is 45.3 Å². The van der Waals surface area contributed by atoms with Crippen LogP contribution < -0.4 is 15.0 Å². The predicted octanol–water partition coefficient (Wildman–Crippen LogP) is 3.20. The van der Waals surface area contributed by atoms with Crippen LogP contribution in [0.25, 0.3) is 0 Å². The number of fused-ring (bicyclic) bond motifs is 1. The van der Waals surface area contributed by atoms with Crippen molar-refractivity contribution in [3.05, 3.63) is 59.2 Å². The summed E-state index contributed by atoms with van der Waals surface area (Å²) in [5.41, 5.74) is 5.19. The molecule has 0 saturated carbocycles. The first-order valence-corrected chi connectivity index (χ1v) is 11.7. The van der Waals surface area contributed by atoms with Gasteiger partial charge in [-0.3, -0.25) is 9.69 Å². The first-order chi connectivity index (χ1) is 15.6. The molecule has 1 unspecified atom stereocenters. The molecule has 2 aromatic carbocycles. The molecule has 6 heteroatoms. The van der Waals surface area contributed by atoms with E-state index >= 15 is 0 Å². The molecule has 0 aromatic heterocycles. The van der Waals surface area contributed by atoms with E-state index < -0.39 is 0 Å². The lowest BCUT2D eigenvalue weighted by atomic mass is 9.95. The number of nitrogens with one attached hydrogen (secondary N) is 1. The monoisotopic (exact) mass is 437 g/mol. The molecule has 1 saturated heterocycles. The van der Waals surface area contributed by atoms with Gasteiger partial charge in [-0.1, -0.05) is 24.3 Å². The third-order valence-corrected chi connectivity index (χ3v) is 6.62. The zero-order chi connectivity index (χ0) is 22.3. The quantitative estimate of drug-likeness (QED) is 0.687. The van der Waals surface area contributed by atoms with Crippen molar-refractivity contribution in [2.75, 3.05) is 58.5 Å². The minimum absolute atomic E-state index is 0.0942. The van der Waals surface area contributed by atoms with Gasteiger partial charge in [0.15, 0.2) is 0 Å². The maximum atomic E-state index is 12.6. The number of nitrogens with zero attached hydrogens (tertiary/aromatic N) is 2. The van der Waals surface area contributed by atoms with Gasteiger partial charge in [-0.15, -0.1) is 0 Å². The van der Waals surface area contributed by atoms with Crippen LogP contribution >= 0.6 is 0 Å². The lowest BCUT2D eigenvalue weighted by molar-refractivity contribution is -0.121. The van der Waals surface area contributed by atoms with E-state index in [1.165, 1.54) is 23.2 Å². The standard InChI is InChI=1S/C26H35N3O3/c1-28-13-3-4-21-18-22(8-11-24(21)28)25(29-14-16-32-17-15-29)19-27-26(30)12-7-20-5-9-23(31-2)10-6-20/h5-6,8-11,18,25H,3-4,7,12-17,19H2,1-2H3,(H,27,30). The number of anilines is 1. The molecule has 32 heavy (non-hydrogen) atoms. The second-order valence-corrected chi connectivity index (χ2v) is 8.73. The SMILES string of the molecule is COc1ccc(CCC(=O)NCC(c2ccc3c(c2)CCCN3C)N2CCOCC2)cc1. The lowest BCUT2D eigenvalue weighted by Crippen LogP contribution is -2.44. The molecule has 2 aromatic rings. The van der Waals surface area contributed by atoms with Crippen molar-refractivity contribution >= 4 is 11.6 Å². The number of amides is 1. The van der Waals surface area contributed by atoms with Gasteiger partial charge in [0.25, 0.3) is 0 Å². The molecule has 1 atom stereocenters. The van der Waals surface area contributed by atoms with Crippen molar-refractivity contribution < 1.29 is 14.3 Å². The summed E-state index contributed by atoms with van der Waals surface area (Å²) in [4.78, 5) is 17.4. The van der Waals surface area contributed by atoms with Gasteiger partial charge in [-0.2, -0.15) is 0 Å². The normalized spacial score (nSPS) is 17.5. The molecular formula is C26H35N3O3. The number of ether oxygens (including phenoxy) is 2. The topological polar surface area (TPSA) is 54.0 Å². The lowest BCUT2D eigenvalue weighted by Gasteiger charge is -2.36. The van der Waals surface area contributed by atoms with Crippen LogP contribution in [0.5, 0.6) is 5.75 Å². The maximum Gasteiger partial charge on any atom is 0.220 e. The van der Waals surface area contributed by atoms with Crippen LogP contribution in [0.1, 0.15) is 35.6 Å². The fourth-order valence-electron chi connectivity index (χ4n) is 4.71. The van der Waals surface area contributed by atoms with Gasteiger partial charge in [-0.25, -0.2) is 0 Å². The van der Waals surface area contributed by atoms with Crippen molar-refractivity contribution in [3.8, 4) is 5.75 Å². The van der Waals surface area contributed by atoms with Gasteiger partial charge in [0.05, 0.1) is 26.4 Å². The molecule has 2 aliphatic rings. The summed E-state index contributed by atoms with van der Waals surface area (Å²) >= 11 is 0. The third kappa shape index (κ3) is 5.61. The van der Waals surface area contributed by atoms with E-state index in [2.05, 4.69) is 40.4 Å². The Hall–Kier alpha value is -2.57. The highest BCUT2D eigenvalue weighted by Crippen LogP contribution is 2.31. The Morgan fingerprint density at radius 1 is 1.12 bits per heavy atom. The molecule has 1 amide bonds. The average Bonchev–Trinajstić information content (AvgIpc) is 2.84. The van der Waals surface area contributed by atoms with Gasteiger partial charge in [0.2, 0.25) is 5.91 Å². The second-order valence-electron chi connectivity index (χ2n) is 8.73. The number of carbonyl (C=O) groups excluding carboxylic acids is 1. The summed E-state index contributed by atoms with van der Waals surface area (Å²) in [7, 11) is 3.83. The van der Waals surface area contributed by atoms with Crippen LogP contribution in [0.3, 0.4) is 0 Å². The number of hydrogen-bond acceptors (Lipinski definition) is 5. The van der Waals surface area contributed by atoms with E-state index in [0.29, 0.717) is 13.0 Å². The molecule has 4 rings (SSSR count). The molecule has 0 aliphatic carbocycles. The molecule has 2 aliphatic heterocycles. The Labute approximate surface area is 191 Å². The molecule has 172 valence electrons.